The maximum Gasteiger partial charge on any atom is 0.164 e. The lowest BCUT2D eigenvalue weighted by atomic mass is 9.66. The van der Waals surface area contributed by atoms with E-state index in [4.69, 9.17) is 29.7 Å². The Morgan fingerprint density at radius 2 is 0.676 bits per heavy atom. The Hall–Kier alpha value is -9.13. The van der Waals surface area contributed by atoms with Gasteiger partial charge in [-0.05, 0) is 57.6 Å². The van der Waals surface area contributed by atoms with E-state index in [1.165, 1.54) is 11.1 Å². The first-order valence-corrected chi connectivity index (χ1v) is 22.8. The molecule has 0 N–H and O–H groups in total. The molecule has 0 unspecified atom stereocenters. The summed E-state index contributed by atoms with van der Waals surface area (Å²) in [6.45, 7) is 0. The average Bonchev–Trinajstić information content (AvgIpc) is 3.71. The van der Waals surface area contributed by atoms with Crippen LogP contribution in [0.15, 0.2) is 237 Å². The van der Waals surface area contributed by atoms with Gasteiger partial charge in [0.15, 0.2) is 23.3 Å². The van der Waals surface area contributed by atoms with Crippen molar-refractivity contribution >= 4 is 0 Å². The maximum absolute atomic E-state index is 6.74. The van der Waals surface area contributed by atoms with Gasteiger partial charge in [-0.15, -0.1) is 0 Å². The molecule has 1 aliphatic carbocycles. The molecule has 68 heavy (non-hydrogen) atoms. The third-order valence-electron chi connectivity index (χ3n) is 13.2. The number of para-hydroxylation sites is 2. The molecule has 1 aliphatic heterocycles. The van der Waals surface area contributed by atoms with Crippen LogP contribution in [0, 0.1) is 0 Å². The van der Waals surface area contributed by atoms with Crippen LogP contribution in [-0.2, 0) is 5.41 Å². The van der Waals surface area contributed by atoms with Crippen molar-refractivity contribution in [2.75, 3.05) is 0 Å². The number of rotatable bonds is 7. The summed E-state index contributed by atoms with van der Waals surface area (Å²) >= 11 is 0. The molecule has 6 nitrogen and oxygen atoms in total. The van der Waals surface area contributed by atoms with Gasteiger partial charge < -0.3 is 4.74 Å². The van der Waals surface area contributed by atoms with Gasteiger partial charge in [-0.25, -0.2) is 24.9 Å². The fraction of sp³-hybridized carbons (Fsp3) is 0.0161. The molecule has 11 aromatic rings. The summed E-state index contributed by atoms with van der Waals surface area (Å²) in [5.41, 5.74) is 15.8. The zero-order valence-corrected chi connectivity index (χ0v) is 36.7. The second kappa shape index (κ2) is 16.1. The zero-order valence-electron chi connectivity index (χ0n) is 36.7. The molecule has 2 aromatic heterocycles. The van der Waals surface area contributed by atoms with Crippen molar-refractivity contribution in [3.63, 3.8) is 0 Å². The highest BCUT2D eigenvalue weighted by Crippen LogP contribution is 2.63. The van der Waals surface area contributed by atoms with Crippen LogP contribution in [0.4, 0.5) is 0 Å². The van der Waals surface area contributed by atoms with E-state index in [0.29, 0.717) is 23.3 Å². The molecule has 0 saturated heterocycles. The normalized spacial score (nSPS) is 12.6. The summed E-state index contributed by atoms with van der Waals surface area (Å²) in [7, 11) is 0. The zero-order chi connectivity index (χ0) is 45.0. The topological polar surface area (TPSA) is 73.7 Å². The predicted octanol–water partition coefficient (Wildman–Crippen LogP) is 14.8. The second-order valence-electron chi connectivity index (χ2n) is 17.1. The van der Waals surface area contributed by atoms with Gasteiger partial charge in [0.05, 0.1) is 16.8 Å². The first-order chi connectivity index (χ1) is 33.7. The number of fused-ring (bicyclic) bond motifs is 9. The molecule has 0 bridgehead atoms. The SMILES string of the molecule is c1ccc(-c2cc(-c3ccccc3)nc(-c3ccc(-c4cccc5c4-c4ccc(-c6nc(-c7ccccc7)nc(-c7ccccc7)n6)cc4C54c5ccccc5Oc5ccccc54)cc3)n2)cc1. The summed E-state index contributed by atoms with van der Waals surface area (Å²) in [6.07, 6.45) is 0. The molecule has 0 amide bonds. The first-order valence-electron chi connectivity index (χ1n) is 22.8. The first kappa shape index (κ1) is 39.3. The van der Waals surface area contributed by atoms with Gasteiger partial charge in [-0.2, -0.15) is 0 Å². The van der Waals surface area contributed by atoms with Gasteiger partial charge in [-0.3, -0.25) is 0 Å². The van der Waals surface area contributed by atoms with Crippen molar-refractivity contribution in [2.45, 2.75) is 5.41 Å². The predicted molar refractivity (Wildman–Crippen MR) is 271 cm³/mol. The highest BCUT2D eigenvalue weighted by Gasteiger charge is 2.51. The number of hydrogen-bond acceptors (Lipinski definition) is 6. The lowest BCUT2D eigenvalue weighted by molar-refractivity contribution is 0.436. The van der Waals surface area contributed by atoms with Gasteiger partial charge in [-0.1, -0.05) is 212 Å². The van der Waals surface area contributed by atoms with Crippen molar-refractivity contribution in [3.8, 4) is 102 Å². The minimum atomic E-state index is -0.723. The number of ether oxygens (including phenoxy) is 1. The van der Waals surface area contributed by atoms with E-state index in [2.05, 4.69) is 140 Å². The smallest absolute Gasteiger partial charge is 0.164 e. The lowest BCUT2D eigenvalue weighted by Gasteiger charge is -2.39. The minimum Gasteiger partial charge on any atom is -0.457 e. The van der Waals surface area contributed by atoms with Crippen molar-refractivity contribution in [2.24, 2.45) is 0 Å². The lowest BCUT2D eigenvalue weighted by Crippen LogP contribution is -2.32. The Kier molecular flexibility index (Phi) is 9.29. The molecule has 3 heterocycles. The van der Waals surface area contributed by atoms with Crippen molar-refractivity contribution in [1.29, 1.82) is 0 Å². The fourth-order valence-corrected chi connectivity index (χ4v) is 10.2. The summed E-state index contributed by atoms with van der Waals surface area (Å²) in [4.78, 5) is 25.6. The quantitative estimate of drug-likeness (QED) is 0.159. The van der Waals surface area contributed by atoms with Crippen LogP contribution in [0.25, 0.3) is 90.3 Å². The Labute approximate surface area is 394 Å². The van der Waals surface area contributed by atoms with Crippen molar-refractivity contribution in [3.05, 3.63) is 259 Å². The standard InChI is InChI=1S/C62H39N5O/c1-5-18-41(19-6-1)53-39-54(42-20-7-2-8-21-42)64-58(63-53)45-34-32-40(33-35-45)47-26-17-29-51-57(47)48-37-36-46(38-52(48)62(51)49-27-13-15-30-55(49)68-56-31-16-14-28-50(56)62)61-66-59(43-22-9-3-10-23-43)65-60(67-61)44-24-11-4-12-25-44/h1-39H. The van der Waals surface area contributed by atoms with Crippen LogP contribution in [0.2, 0.25) is 0 Å². The molecule has 9 aromatic carbocycles. The van der Waals surface area contributed by atoms with E-state index in [0.717, 1.165) is 89.6 Å². The van der Waals surface area contributed by atoms with Crippen LogP contribution in [0.5, 0.6) is 11.5 Å². The number of benzene rings is 9. The molecule has 0 atom stereocenters. The Morgan fingerprint density at radius 1 is 0.265 bits per heavy atom. The van der Waals surface area contributed by atoms with Crippen LogP contribution in [0.3, 0.4) is 0 Å². The molecule has 0 saturated carbocycles. The van der Waals surface area contributed by atoms with Crippen LogP contribution in [0.1, 0.15) is 22.3 Å². The monoisotopic (exact) mass is 869 g/mol. The second-order valence-corrected chi connectivity index (χ2v) is 17.1. The third-order valence-corrected chi connectivity index (χ3v) is 13.2. The van der Waals surface area contributed by atoms with E-state index >= 15 is 0 Å². The van der Waals surface area contributed by atoms with Crippen LogP contribution in [-0.4, -0.2) is 24.9 Å². The van der Waals surface area contributed by atoms with Gasteiger partial charge >= 0.3 is 0 Å². The Morgan fingerprint density at radius 3 is 1.22 bits per heavy atom. The van der Waals surface area contributed by atoms with Gasteiger partial charge in [0.1, 0.15) is 11.5 Å². The molecular formula is C62H39N5O. The largest absolute Gasteiger partial charge is 0.457 e. The average molecular weight is 870 g/mol. The minimum absolute atomic E-state index is 0.602. The van der Waals surface area contributed by atoms with Crippen LogP contribution >= 0.6 is 0 Å². The van der Waals surface area contributed by atoms with E-state index in [1.807, 2.05) is 97.1 Å². The van der Waals surface area contributed by atoms with E-state index in [1.54, 1.807) is 0 Å². The van der Waals surface area contributed by atoms with Gasteiger partial charge in [0, 0.05) is 44.5 Å². The molecule has 0 radical (unpaired) electrons. The molecule has 13 rings (SSSR count). The van der Waals surface area contributed by atoms with Gasteiger partial charge in [0.25, 0.3) is 0 Å². The number of hydrogen-bond donors (Lipinski definition) is 0. The molecule has 318 valence electrons. The Bertz CT molecular complexity index is 3530. The maximum atomic E-state index is 6.74. The summed E-state index contributed by atoms with van der Waals surface area (Å²) < 4.78 is 6.74. The summed E-state index contributed by atoms with van der Waals surface area (Å²) in [6, 6.07) is 82.1. The number of nitrogens with zero attached hydrogens (tertiary/aromatic N) is 5. The molecular weight excluding hydrogens is 831 g/mol. The van der Waals surface area contributed by atoms with E-state index in [-0.39, 0.29) is 0 Å². The third kappa shape index (κ3) is 6.45. The molecule has 1 spiro atoms. The fourth-order valence-electron chi connectivity index (χ4n) is 10.2. The highest BCUT2D eigenvalue weighted by atomic mass is 16.5. The van der Waals surface area contributed by atoms with Gasteiger partial charge in [0.2, 0.25) is 0 Å². The van der Waals surface area contributed by atoms with Crippen molar-refractivity contribution < 1.29 is 4.74 Å². The number of aromatic nitrogens is 5. The van der Waals surface area contributed by atoms with Crippen LogP contribution < -0.4 is 4.74 Å². The van der Waals surface area contributed by atoms with E-state index in [9.17, 15) is 0 Å². The molecule has 2 aliphatic rings. The van der Waals surface area contributed by atoms with Crippen molar-refractivity contribution in [1.82, 2.24) is 24.9 Å². The summed E-state index contributed by atoms with van der Waals surface area (Å²) in [5, 5.41) is 0. The highest BCUT2D eigenvalue weighted by molar-refractivity contribution is 5.97. The molecule has 0 fully saturated rings. The Balaban J connectivity index is 1.00. The molecule has 6 heteroatoms. The van der Waals surface area contributed by atoms with E-state index < -0.39 is 5.41 Å². The summed E-state index contributed by atoms with van der Waals surface area (Å²) in [5.74, 6) is 4.17.